The number of amides is 2. The lowest BCUT2D eigenvalue weighted by atomic mass is 10.1. The van der Waals surface area contributed by atoms with Crippen molar-refractivity contribution in [1.82, 2.24) is 10.2 Å². The molecule has 2 amide bonds. The van der Waals surface area contributed by atoms with Gasteiger partial charge in [0.25, 0.3) is 0 Å². The molecule has 1 aliphatic heterocycles. The third kappa shape index (κ3) is 2.97. The van der Waals surface area contributed by atoms with Gasteiger partial charge >= 0.3 is 6.03 Å². The zero-order valence-electron chi connectivity index (χ0n) is 12.3. The molecule has 2 aromatic heterocycles. The minimum atomic E-state index is -0.116. The Morgan fingerprint density at radius 1 is 1.48 bits per heavy atom. The van der Waals surface area contributed by atoms with Crippen LogP contribution in [0, 0.1) is 6.92 Å². The fraction of sp³-hybridized carbons (Fsp3) is 0.438. The molecule has 0 unspecified atom stereocenters. The number of furan rings is 1. The second-order valence-corrected chi connectivity index (χ2v) is 6.31. The Labute approximate surface area is 128 Å². The van der Waals surface area contributed by atoms with E-state index in [1.165, 1.54) is 5.56 Å². The molecule has 2 aromatic rings. The number of likely N-dealkylation sites (tertiary alicyclic amines) is 1. The minimum Gasteiger partial charge on any atom is -0.464 e. The van der Waals surface area contributed by atoms with Gasteiger partial charge < -0.3 is 14.6 Å². The highest BCUT2D eigenvalue weighted by Gasteiger charge is 2.31. The molecule has 5 heteroatoms. The van der Waals surface area contributed by atoms with Crippen molar-refractivity contribution in [1.29, 1.82) is 0 Å². The molecule has 0 aliphatic carbocycles. The van der Waals surface area contributed by atoms with E-state index in [2.05, 4.69) is 22.1 Å². The number of nitrogens with zero attached hydrogens (tertiary/aromatic N) is 1. The standard InChI is InChI=1S/C16H20N2O2S/c1-11-5-6-15(20-11)12(2)17-16(19)18-8-3-4-14(18)13-7-9-21-10-13/h5-7,9-10,12,14H,3-4,8H2,1-2H3,(H,17,19)/t12-,14-/m0/s1. The SMILES string of the molecule is Cc1ccc([C@H](C)NC(=O)N2CCC[C@H]2c2ccsc2)o1. The van der Waals surface area contributed by atoms with Crippen molar-refractivity contribution in [3.63, 3.8) is 0 Å². The van der Waals surface area contributed by atoms with E-state index in [0.717, 1.165) is 30.9 Å². The number of urea groups is 1. The average molecular weight is 304 g/mol. The maximum Gasteiger partial charge on any atom is 0.318 e. The van der Waals surface area contributed by atoms with Crippen molar-refractivity contribution >= 4 is 17.4 Å². The maximum atomic E-state index is 12.5. The molecule has 0 aromatic carbocycles. The van der Waals surface area contributed by atoms with Crippen molar-refractivity contribution in [3.8, 4) is 0 Å². The number of carbonyl (C=O) groups is 1. The number of aryl methyl sites for hydroxylation is 1. The summed E-state index contributed by atoms with van der Waals surface area (Å²) in [6, 6.07) is 6.03. The highest BCUT2D eigenvalue weighted by Crippen LogP contribution is 2.33. The van der Waals surface area contributed by atoms with Gasteiger partial charge in [-0.3, -0.25) is 0 Å². The Bertz CT molecular complexity index is 606. The first-order chi connectivity index (χ1) is 10.1. The molecule has 1 saturated heterocycles. The van der Waals surface area contributed by atoms with Gasteiger partial charge in [0, 0.05) is 6.54 Å². The fourth-order valence-corrected chi connectivity index (χ4v) is 3.55. The lowest BCUT2D eigenvalue weighted by molar-refractivity contribution is 0.188. The Hall–Kier alpha value is -1.75. The normalized spacial score (nSPS) is 19.7. The van der Waals surface area contributed by atoms with Crippen LogP contribution < -0.4 is 5.32 Å². The van der Waals surface area contributed by atoms with E-state index in [9.17, 15) is 4.79 Å². The first kappa shape index (κ1) is 14.2. The van der Waals surface area contributed by atoms with Crippen LogP contribution in [0.5, 0.6) is 0 Å². The minimum absolute atomic E-state index is 0.00902. The quantitative estimate of drug-likeness (QED) is 0.921. The van der Waals surface area contributed by atoms with Crippen LogP contribution >= 0.6 is 11.3 Å². The number of nitrogens with one attached hydrogen (secondary N) is 1. The highest BCUT2D eigenvalue weighted by molar-refractivity contribution is 7.07. The number of carbonyl (C=O) groups excluding carboxylic acids is 1. The molecule has 3 rings (SSSR count). The van der Waals surface area contributed by atoms with Gasteiger partial charge in [-0.05, 0) is 61.2 Å². The van der Waals surface area contributed by atoms with Crippen LogP contribution in [0.4, 0.5) is 4.79 Å². The largest absolute Gasteiger partial charge is 0.464 e. The van der Waals surface area contributed by atoms with Gasteiger partial charge in [-0.1, -0.05) is 0 Å². The first-order valence-corrected chi connectivity index (χ1v) is 8.25. The van der Waals surface area contributed by atoms with E-state index in [4.69, 9.17) is 4.42 Å². The lowest BCUT2D eigenvalue weighted by Gasteiger charge is -2.26. The molecule has 112 valence electrons. The van der Waals surface area contributed by atoms with Crippen LogP contribution in [0.25, 0.3) is 0 Å². The first-order valence-electron chi connectivity index (χ1n) is 7.30. The molecule has 0 saturated carbocycles. The van der Waals surface area contributed by atoms with E-state index >= 15 is 0 Å². The highest BCUT2D eigenvalue weighted by atomic mass is 32.1. The molecule has 0 bridgehead atoms. The second-order valence-electron chi connectivity index (χ2n) is 5.53. The molecular weight excluding hydrogens is 284 g/mol. The zero-order valence-corrected chi connectivity index (χ0v) is 13.2. The van der Waals surface area contributed by atoms with Crippen LogP contribution in [-0.4, -0.2) is 17.5 Å². The van der Waals surface area contributed by atoms with Gasteiger partial charge in [-0.25, -0.2) is 4.79 Å². The maximum absolute atomic E-state index is 12.5. The predicted molar refractivity (Wildman–Crippen MR) is 83.4 cm³/mol. The lowest BCUT2D eigenvalue weighted by Crippen LogP contribution is -2.40. The molecule has 0 spiro atoms. The Kier molecular flexibility index (Phi) is 4.01. The molecule has 4 nitrogen and oxygen atoms in total. The van der Waals surface area contributed by atoms with Gasteiger partial charge in [-0.2, -0.15) is 11.3 Å². The van der Waals surface area contributed by atoms with E-state index in [1.54, 1.807) is 11.3 Å². The van der Waals surface area contributed by atoms with Crippen LogP contribution in [0.15, 0.2) is 33.4 Å². The van der Waals surface area contributed by atoms with Crippen molar-refractivity contribution in [2.75, 3.05) is 6.54 Å². The molecule has 21 heavy (non-hydrogen) atoms. The van der Waals surface area contributed by atoms with Crippen LogP contribution in [0.1, 0.15) is 48.9 Å². The van der Waals surface area contributed by atoms with Crippen molar-refractivity contribution in [3.05, 3.63) is 46.0 Å². The summed E-state index contributed by atoms with van der Waals surface area (Å²) in [5.74, 6) is 1.66. The van der Waals surface area contributed by atoms with Crippen LogP contribution in [0.2, 0.25) is 0 Å². The fourth-order valence-electron chi connectivity index (χ4n) is 2.85. The summed E-state index contributed by atoms with van der Waals surface area (Å²) in [6.07, 6.45) is 2.10. The predicted octanol–water partition coefficient (Wildman–Crippen LogP) is 4.26. The number of hydrogen-bond acceptors (Lipinski definition) is 3. The second kappa shape index (κ2) is 5.93. The third-order valence-corrected chi connectivity index (χ3v) is 4.67. The smallest absolute Gasteiger partial charge is 0.318 e. The summed E-state index contributed by atoms with van der Waals surface area (Å²) in [4.78, 5) is 14.5. The monoisotopic (exact) mass is 304 g/mol. The Morgan fingerprint density at radius 2 is 2.33 bits per heavy atom. The van der Waals surface area contributed by atoms with Gasteiger partial charge in [-0.15, -0.1) is 0 Å². The third-order valence-electron chi connectivity index (χ3n) is 3.97. The van der Waals surface area contributed by atoms with Gasteiger partial charge in [0.2, 0.25) is 0 Å². The number of rotatable bonds is 3. The molecule has 0 radical (unpaired) electrons. The van der Waals surface area contributed by atoms with Crippen molar-refractivity contribution < 1.29 is 9.21 Å². The van der Waals surface area contributed by atoms with E-state index in [1.807, 2.05) is 30.9 Å². The van der Waals surface area contributed by atoms with Crippen LogP contribution in [-0.2, 0) is 0 Å². The Balaban J connectivity index is 1.67. The molecular formula is C16H20N2O2S. The van der Waals surface area contributed by atoms with E-state index < -0.39 is 0 Å². The summed E-state index contributed by atoms with van der Waals surface area (Å²) >= 11 is 1.68. The van der Waals surface area contributed by atoms with E-state index in [-0.39, 0.29) is 18.1 Å². The van der Waals surface area contributed by atoms with Crippen LogP contribution in [0.3, 0.4) is 0 Å². The van der Waals surface area contributed by atoms with Gasteiger partial charge in [0.15, 0.2) is 0 Å². The number of hydrogen-bond donors (Lipinski definition) is 1. The molecule has 1 N–H and O–H groups in total. The molecule has 1 fully saturated rings. The zero-order chi connectivity index (χ0) is 14.8. The topological polar surface area (TPSA) is 45.5 Å². The van der Waals surface area contributed by atoms with Crippen molar-refractivity contribution in [2.45, 2.75) is 38.8 Å². The summed E-state index contributed by atoms with van der Waals surface area (Å²) in [6.45, 7) is 4.67. The summed E-state index contributed by atoms with van der Waals surface area (Å²) in [7, 11) is 0. The van der Waals surface area contributed by atoms with Gasteiger partial charge in [0.05, 0.1) is 12.1 Å². The Morgan fingerprint density at radius 3 is 3.00 bits per heavy atom. The molecule has 1 aliphatic rings. The van der Waals surface area contributed by atoms with E-state index in [0.29, 0.717) is 0 Å². The number of thiophene rings is 1. The van der Waals surface area contributed by atoms with Crippen molar-refractivity contribution in [2.24, 2.45) is 0 Å². The summed E-state index contributed by atoms with van der Waals surface area (Å²) in [5.41, 5.74) is 1.24. The summed E-state index contributed by atoms with van der Waals surface area (Å²) in [5, 5.41) is 7.24. The average Bonchev–Trinajstić information content (AvgIpc) is 3.19. The van der Waals surface area contributed by atoms with Gasteiger partial charge in [0.1, 0.15) is 11.5 Å². The molecule has 2 atom stereocenters. The molecule has 3 heterocycles. The summed E-state index contributed by atoms with van der Waals surface area (Å²) < 4.78 is 5.58.